The van der Waals surface area contributed by atoms with Crippen LogP contribution in [0, 0.1) is 5.82 Å². The predicted molar refractivity (Wildman–Crippen MR) is 54.6 cm³/mol. The van der Waals surface area contributed by atoms with Gasteiger partial charge in [0.15, 0.2) is 0 Å². The SMILES string of the molecule is NC(=O)Cc1nccc2ccc(F)cc12. The van der Waals surface area contributed by atoms with E-state index >= 15 is 0 Å². The van der Waals surface area contributed by atoms with Crippen molar-refractivity contribution < 1.29 is 9.18 Å². The summed E-state index contributed by atoms with van der Waals surface area (Å²) in [6, 6.07) is 6.15. The van der Waals surface area contributed by atoms with Crippen LogP contribution in [0.2, 0.25) is 0 Å². The number of aromatic nitrogens is 1. The van der Waals surface area contributed by atoms with E-state index in [0.29, 0.717) is 11.1 Å². The standard InChI is InChI=1S/C11H9FN2O/c12-8-2-1-7-3-4-14-10(6-11(13)15)9(7)5-8/h1-5H,6H2,(H2,13,15). The van der Waals surface area contributed by atoms with E-state index < -0.39 is 5.91 Å². The topological polar surface area (TPSA) is 56.0 Å². The van der Waals surface area contributed by atoms with E-state index in [1.54, 1.807) is 18.3 Å². The highest BCUT2D eigenvalue weighted by Gasteiger charge is 2.06. The molecule has 0 saturated carbocycles. The fourth-order valence-corrected chi connectivity index (χ4v) is 1.51. The molecule has 0 aliphatic carbocycles. The Labute approximate surface area is 85.7 Å². The van der Waals surface area contributed by atoms with Crippen molar-refractivity contribution in [2.24, 2.45) is 5.73 Å². The second-order valence-electron chi connectivity index (χ2n) is 3.27. The molecule has 0 aliphatic rings. The van der Waals surface area contributed by atoms with Crippen LogP contribution in [0.15, 0.2) is 30.5 Å². The molecule has 1 aromatic carbocycles. The molecule has 0 unspecified atom stereocenters. The van der Waals surface area contributed by atoms with Gasteiger partial charge >= 0.3 is 0 Å². The Morgan fingerprint density at radius 1 is 1.40 bits per heavy atom. The van der Waals surface area contributed by atoms with Gasteiger partial charge in [0.25, 0.3) is 0 Å². The Morgan fingerprint density at radius 2 is 2.20 bits per heavy atom. The van der Waals surface area contributed by atoms with Gasteiger partial charge in [-0.25, -0.2) is 4.39 Å². The van der Waals surface area contributed by atoms with Gasteiger partial charge in [-0.3, -0.25) is 9.78 Å². The highest BCUT2D eigenvalue weighted by atomic mass is 19.1. The average Bonchev–Trinajstić information content (AvgIpc) is 2.18. The van der Waals surface area contributed by atoms with E-state index in [4.69, 9.17) is 5.73 Å². The molecule has 2 rings (SSSR count). The number of amides is 1. The zero-order chi connectivity index (χ0) is 10.8. The Balaban J connectivity index is 2.63. The fraction of sp³-hybridized carbons (Fsp3) is 0.0909. The summed E-state index contributed by atoms with van der Waals surface area (Å²) < 4.78 is 13.0. The van der Waals surface area contributed by atoms with Crippen molar-refractivity contribution in [3.63, 3.8) is 0 Å². The molecule has 76 valence electrons. The lowest BCUT2D eigenvalue weighted by Crippen LogP contribution is -2.14. The summed E-state index contributed by atoms with van der Waals surface area (Å²) in [6.07, 6.45) is 1.61. The lowest BCUT2D eigenvalue weighted by Gasteiger charge is -2.03. The van der Waals surface area contributed by atoms with Crippen LogP contribution in [0.25, 0.3) is 10.8 Å². The smallest absolute Gasteiger partial charge is 0.223 e. The van der Waals surface area contributed by atoms with Crippen LogP contribution in [0.4, 0.5) is 4.39 Å². The maximum atomic E-state index is 13.0. The van der Waals surface area contributed by atoms with Gasteiger partial charge in [-0.05, 0) is 23.6 Å². The van der Waals surface area contributed by atoms with Gasteiger partial charge in [0.2, 0.25) is 5.91 Å². The lowest BCUT2D eigenvalue weighted by molar-refractivity contribution is -0.117. The van der Waals surface area contributed by atoms with Gasteiger partial charge in [-0.15, -0.1) is 0 Å². The number of nitrogens with two attached hydrogens (primary N) is 1. The van der Waals surface area contributed by atoms with E-state index in [0.717, 1.165) is 5.39 Å². The summed E-state index contributed by atoms with van der Waals surface area (Å²) in [7, 11) is 0. The third kappa shape index (κ3) is 1.93. The Bertz CT molecular complexity index is 525. The van der Waals surface area contributed by atoms with Crippen LogP contribution in [-0.2, 0) is 11.2 Å². The first kappa shape index (κ1) is 9.58. The minimum Gasteiger partial charge on any atom is -0.369 e. The Kier molecular flexibility index (Phi) is 2.33. The van der Waals surface area contributed by atoms with Crippen molar-refractivity contribution >= 4 is 16.7 Å². The van der Waals surface area contributed by atoms with Crippen molar-refractivity contribution in [1.29, 1.82) is 0 Å². The Hall–Kier alpha value is -1.97. The first-order chi connectivity index (χ1) is 7.16. The van der Waals surface area contributed by atoms with Gasteiger partial charge in [0, 0.05) is 11.6 Å². The van der Waals surface area contributed by atoms with Crippen LogP contribution < -0.4 is 5.73 Å². The van der Waals surface area contributed by atoms with E-state index in [1.165, 1.54) is 12.1 Å². The van der Waals surface area contributed by atoms with Gasteiger partial charge in [0.05, 0.1) is 12.1 Å². The van der Waals surface area contributed by atoms with Crippen LogP contribution in [0.1, 0.15) is 5.69 Å². The molecule has 2 aromatic rings. The average molecular weight is 204 g/mol. The van der Waals surface area contributed by atoms with Crippen molar-refractivity contribution in [2.45, 2.75) is 6.42 Å². The minimum absolute atomic E-state index is 0.0286. The summed E-state index contributed by atoms with van der Waals surface area (Å²) in [4.78, 5) is 14.8. The first-order valence-corrected chi connectivity index (χ1v) is 4.48. The second-order valence-corrected chi connectivity index (χ2v) is 3.27. The number of hydrogen-bond acceptors (Lipinski definition) is 2. The van der Waals surface area contributed by atoms with E-state index in [2.05, 4.69) is 4.98 Å². The van der Waals surface area contributed by atoms with Gasteiger partial charge in [-0.2, -0.15) is 0 Å². The normalized spacial score (nSPS) is 10.5. The molecule has 1 heterocycles. The minimum atomic E-state index is -0.473. The number of fused-ring (bicyclic) bond motifs is 1. The molecule has 0 aliphatic heterocycles. The molecule has 3 nitrogen and oxygen atoms in total. The summed E-state index contributed by atoms with van der Waals surface area (Å²) in [6.45, 7) is 0. The molecule has 15 heavy (non-hydrogen) atoms. The number of benzene rings is 1. The van der Waals surface area contributed by atoms with Crippen LogP contribution in [0.5, 0.6) is 0 Å². The molecule has 0 radical (unpaired) electrons. The van der Waals surface area contributed by atoms with Gasteiger partial charge < -0.3 is 5.73 Å². The summed E-state index contributed by atoms with van der Waals surface area (Å²) >= 11 is 0. The summed E-state index contributed by atoms with van der Waals surface area (Å²) in [5, 5.41) is 1.49. The fourth-order valence-electron chi connectivity index (χ4n) is 1.51. The van der Waals surface area contributed by atoms with Gasteiger partial charge in [-0.1, -0.05) is 6.07 Å². The molecule has 1 aromatic heterocycles. The zero-order valence-corrected chi connectivity index (χ0v) is 7.90. The third-order valence-corrected chi connectivity index (χ3v) is 2.15. The molecule has 4 heteroatoms. The van der Waals surface area contributed by atoms with E-state index in [1.807, 2.05) is 0 Å². The molecule has 0 spiro atoms. The maximum Gasteiger partial charge on any atom is 0.223 e. The van der Waals surface area contributed by atoms with Crippen molar-refractivity contribution in [3.05, 3.63) is 42.0 Å². The van der Waals surface area contributed by atoms with Crippen LogP contribution >= 0.6 is 0 Å². The lowest BCUT2D eigenvalue weighted by atomic mass is 10.1. The number of carbonyl (C=O) groups excluding carboxylic acids is 1. The molecular weight excluding hydrogens is 195 g/mol. The second kappa shape index (κ2) is 3.65. The molecule has 0 fully saturated rings. The van der Waals surface area contributed by atoms with Crippen LogP contribution in [-0.4, -0.2) is 10.9 Å². The number of pyridine rings is 1. The largest absolute Gasteiger partial charge is 0.369 e. The maximum absolute atomic E-state index is 13.0. The number of primary amides is 1. The predicted octanol–water partition coefficient (Wildman–Crippen LogP) is 1.40. The first-order valence-electron chi connectivity index (χ1n) is 4.48. The number of halogens is 1. The molecule has 0 atom stereocenters. The summed E-state index contributed by atoms with van der Waals surface area (Å²) in [5.41, 5.74) is 5.59. The van der Waals surface area contributed by atoms with Gasteiger partial charge in [0.1, 0.15) is 5.82 Å². The monoisotopic (exact) mass is 204 g/mol. The van der Waals surface area contributed by atoms with Crippen molar-refractivity contribution in [1.82, 2.24) is 4.98 Å². The molecule has 0 saturated heterocycles. The molecule has 2 N–H and O–H groups in total. The zero-order valence-electron chi connectivity index (χ0n) is 7.90. The number of nitrogens with zero attached hydrogens (tertiary/aromatic N) is 1. The van der Waals surface area contributed by atoms with E-state index in [-0.39, 0.29) is 12.2 Å². The van der Waals surface area contributed by atoms with E-state index in [9.17, 15) is 9.18 Å². The highest BCUT2D eigenvalue weighted by Crippen LogP contribution is 2.18. The number of carbonyl (C=O) groups is 1. The molecule has 1 amide bonds. The summed E-state index contributed by atoms with van der Waals surface area (Å²) in [5.74, 6) is -0.819. The quantitative estimate of drug-likeness (QED) is 0.803. The van der Waals surface area contributed by atoms with Crippen molar-refractivity contribution in [3.8, 4) is 0 Å². The van der Waals surface area contributed by atoms with Crippen molar-refractivity contribution in [2.75, 3.05) is 0 Å². The number of rotatable bonds is 2. The highest BCUT2D eigenvalue weighted by molar-refractivity contribution is 5.88. The molecular formula is C11H9FN2O. The number of hydrogen-bond donors (Lipinski definition) is 1. The molecule has 0 bridgehead atoms. The Morgan fingerprint density at radius 3 is 2.93 bits per heavy atom. The third-order valence-electron chi connectivity index (χ3n) is 2.15. The van der Waals surface area contributed by atoms with Crippen LogP contribution in [0.3, 0.4) is 0 Å².